The van der Waals surface area contributed by atoms with E-state index in [0.29, 0.717) is 11.3 Å². The Balaban J connectivity index is 1.92. The van der Waals surface area contributed by atoms with Crippen LogP contribution >= 0.6 is 0 Å². The molecule has 0 atom stereocenters. The Hall–Kier alpha value is -3.21. The summed E-state index contributed by atoms with van der Waals surface area (Å²) in [5.74, 6) is -0.386. The minimum atomic E-state index is -0.386. The molecule has 4 nitrogen and oxygen atoms in total. The van der Waals surface area contributed by atoms with Crippen LogP contribution in [0.25, 0.3) is 22.6 Å². The zero-order valence-corrected chi connectivity index (χ0v) is 13.0. The molecule has 4 rings (SSSR count). The maximum atomic E-state index is 13.4. The van der Waals surface area contributed by atoms with Gasteiger partial charge in [0.2, 0.25) is 5.65 Å². The number of hydrogen-bond acceptors (Lipinski definition) is 2. The Labute approximate surface area is 137 Å². The summed E-state index contributed by atoms with van der Waals surface area (Å²) in [6.07, 6.45) is 5.19. The Morgan fingerprint density at radius 3 is 2.67 bits per heavy atom. The molecule has 0 N–H and O–H groups in total. The van der Waals surface area contributed by atoms with Crippen molar-refractivity contribution >= 4 is 5.65 Å². The maximum Gasteiger partial charge on any atom is 0.298 e. The summed E-state index contributed by atoms with van der Waals surface area (Å²) >= 11 is 0. The molecular formula is C19H14FN3O. The lowest BCUT2D eigenvalue weighted by atomic mass is 10.1. The predicted molar refractivity (Wildman–Crippen MR) is 90.9 cm³/mol. The smallest absolute Gasteiger partial charge is 0.298 e. The van der Waals surface area contributed by atoms with E-state index in [9.17, 15) is 9.18 Å². The number of nitrogens with zero attached hydrogens (tertiary/aromatic N) is 3. The van der Waals surface area contributed by atoms with Crippen LogP contribution in [0.4, 0.5) is 4.39 Å². The Morgan fingerprint density at radius 2 is 1.88 bits per heavy atom. The number of rotatable bonds is 2. The van der Waals surface area contributed by atoms with Gasteiger partial charge >= 0.3 is 0 Å². The number of aromatic nitrogens is 3. The van der Waals surface area contributed by atoms with Gasteiger partial charge in [-0.15, -0.1) is 0 Å². The van der Waals surface area contributed by atoms with Gasteiger partial charge in [0.05, 0.1) is 11.4 Å². The average Bonchev–Trinajstić information content (AvgIpc) is 3.00. The van der Waals surface area contributed by atoms with Crippen LogP contribution in [-0.4, -0.2) is 14.0 Å². The van der Waals surface area contributed by atoms with Crippen molar-refractivity contribution in [1.82, 2.24) is 14.0 Å². The van der Waals surface area contributed by atoms with E-state index in [0.717, 1.165) is 16.8 Å². The number of hydrogen-bond donors (Lipinski definition) is 0. The topological polar surface area (TPSA) is 39.3 Å². The van der Waals surface area contributed by atoms with Crippen LogP contribution in [0.3, 0.4) is 0 Å². The van der Waals surface area contributed by atoms with Gasteiger partial charge in [0.15, 0.2) is 0 Å². The second kappa shape index (κ2) is 5.45. The predicted octanol–water partition coefficient (Wildman–Crippen LogP) is 3.60. The van der Waals surface area contributed by atoms with E-state index in [1.807, 2.05) is 37.4 Å². The SMILES string of the molecule is Cc1ccccc1-c1cn2ccn(-c3cccc(F)c3)c(=O)c2n1. The molecular weight excluding hydrogens is 305 g/mol. The molecule has 0 aliphatic carbocycles. The molecule has 2 heterocycles. The van der Waals surface area contributed by atoms with Crippen molar-refractivity contribution < 1.29 is 4.39 Å². The molecule has 0 aliphatic rings. The first-order chi connectivity index (χ1) is 11.6. The highest BCUT2D eigenvalue weighted by Crippen LogP contribution is 2.22. The number of aryl methyl sites for hydroxylation is 1. The minimum absolute atomic E-state index is 0.289. The molecule has 0 saturated carbocycles. The Kier molecular flexibility index (Phi) is 3.27. The van der Waals surface area contributed by atoms with E-state index < -0.39 is 0 Å². The highest BCUT2D eigenvalue weighted by molar-refractivity contribution is 5.65. The molecule has 2 aromatic heterocycles. The lowest BCUT2D eigenvalue weighted by Gasteiger charge is -2.05. The van der Waals surface area contributed by atoms with Crippen molar-refractivity contribution in [2.24, 2.45) is 0 Å². The quantitative estimate of drug-likeness (QED) is 0.566. The average molecular weight is 319 g/mol. The molecule has 0 amide bonds. The second-order valence-electron chi connectivity index (χ2n) is 5.63. The summed E-state index contributed by atoms with van der Waals surface area (Å²) in [4.78, 5) is 17.2. The van der Waals surface area contributed by atoms with Gasteiger partial charge in [0.25, 0.3) is 5.56 Å². The van der Waals surface area contributed by atoms with Gasteiger partial charge < -0.3 is 4.40 Å². The molecule has 0 spiro atoms. The summed E-state index contributed by atoms with van der Waals surface area (Å²) in [7, 11) is 0. The zero-order chi connectivity index (χ0) is 16.7. The first kappa shape index (κ1) is 14.4. The van der Waals surface area contributed by atoms with Crippen molar-refractivity contribution in [3.05, 3.63) is 88.9 Å². The standard InChI is InChI=1S/C19H14FN3O/c1-13-5-2-3-8-16(13)17-12-22-9-10-23(19(24)18(22)21-17)15-7-4-6-14(20)11-15/h2-12H,1H3. The third-order valence-electron chi connectivity index (χ3n) is 4.03. The summed E-state index contributed by atoms with van der Waals surface area (Å²) < 4.78 is 16.5. The molecule has 2 aromatic carbocycles. The first-order valence-electron chi connectivity index (χ1n) is 7.56. The normalized spacial score (nSPS) is 11.1. The van der Waals surface area contributed by atoms with Crippen LogP contribution in [0.2, 0.25) is 0 Å². The second-order valence-corrected chi connectivity index (χ2v) is 5.63. The van der Waals surface area contributed by atoms with Gasteiger partial charge in [-0.1, -0.05) is 30.3 Å². The van der Waals surface area contributed by atoms with Gasteiger partial charge in [0.1, 0.15) is 5.82 Å². The molecule has 0 unspecified atom stereocenters. The van der Waals surface area contributed by atoms with Crippen LogP contribution in [0, 0.1) is 12.7 Å². The van der Waals surface area contributed by atoms with E-state index in [2.05, 4.69) is 4.98 Å². The number of benzene rings is 2. The van der Waals surface area contributed by atoms with Gasteiger partial charge in [-0.05, 0) is 30.7 Å². The van der Waals surface area contributed by atoms with E-state index in [1.54, 1.807) is 28.9 Å². The largest absolute Gasteiger partial charge is 0.300 e. The third kappa shape index (κ3) is 2.31. The monoisotopic (exact) mass is 319 g/mol. The van der Waals surface area contributed by atoms with Crippen LogP contribution in [0.1, 0.15) is 5.56 Å². The molecule has 5 heteroatoms. The third-order valence-corrected chi connectivity index (χ3v) is 4.03. The molecule has 118 valence electrons. The zero-order valence-electron chi connectivity index (χ0n) is 13.0. The van der Waals surface area contributed by atoms with Gasteiger partial charge in [-0.25, -0.2) is 9.37 Å². The molecule has 0 aliphatic heterocycles. The van der Waals surface area contributed by atoms with E-state index in [4.69, 9.17) is 0 Å². The van der Waals surface area contributed by atoms with Crippen molar-refractivity contribution in [2.75, 3.05) is 0 Å². The molecule has 4 aromatic rings. The van der Waals surface area contributed by atoms with E-state index in [-0.39, 0.29) is 11.4 Å². The van der Waals surface area contributed by atoms with Crippen LogP contribution in [0.15, 0.2) is 71.9 Å². The number of halogens is 1. The lowest BCUT2D eigenvalue weighted by molar-refractivity contribution is 0.626. The Morgan fingerprint density at radius 1 is 1.04 bits per heavy atom. The fraction of sp³-hybridized carbons (Fsp3) is 0.0526. The molecule has 0 saturated heterocycles. The van der Waals surface area contributed by atoms with Crippen molar-refractivity contribution in [2.45, 2.75) is 6.92 Å². The highest BCUT2D eigenvalue weighted by Gasteiger charge is 2.11. The minimum Gasteiger partial charge on any atom is -0.300 e. The van der Waals surface area contributed by atoms with Crippen LogP contribution in [-0.2, 0) is 0 Å². The van der Waals surface area contributed by atoms with E-state index >= 15 is 0 Å². The number of imidazole rings is 1. The maximum absolute atomic E-state index is 13.4. The van der Waals surface area contributed by atoms with Gasteiger partial charge in [0, 0.05) is 24.2 Å². The summed E-state index contributed by atoms with van der Waals surface area (Å²) in [5, 5.41) is 0. The highest BCUT2D eigenvalue weighted by atomic mass is 19.1. The van der Waals surface area contributed by atoms with Crippen molar-refractivity contribution in [3.63, 3.8) is 0 Å². The molecule has 0 bridgehead atoms. The first-order valence-corrected chi connectivity index (χ1v) is 7.56. The van der Waals surface area contributed by atoms with Gasteiger partial charge in [-0.2, -0.15) is 0 Å². The summed E-state index contributed by atoms with van der Waals surface area (Å²) in [6.45, 7) is 2.00. The molecule has 24 heavy (non-hydrogen) atoms. The van der Waals surface area contributed by atoms with E-state index in [1.165, 1.54) is 16.7 Å². The fourth-order valence-electron chi connectivity index (χ4n) is 2.80. The lowest BCUT2D eigenvalue weighted by Crippen LogP contribution is -2.20. The van der Waals surface area contributed by atoms with Gasteiger partial charge in [-0.3, -0.25) is 9.36 Å². The summed E-state index contributed by atoms with van der Waals surface area (Å²) in [6, 6.07) is 13.8. The Bertz CT molecular complexity index is 1110. The van der Waals surface area contributed by atoms with Crippen LogP contribution in [0.5, 0.6) is 0 Å². The fourth-order valence-corrected chi connectivity index (χ4v) is 2.80. The molecule has 0 fully saturated rings. The van der Waals surface area contributed by atoms with Crippen molar-refractivity contribution in [3.8, 4) is 16.9 Å². The van der Waals surface area contributed by atoms with Crippen molar-refractivity contribution in [1.29, 1.82) is 0 Å². The number of fused-ring (bicyclic) bond motifs is 1. The summed E-state index contributed by atoms with van der Waals surface area (Å²) in [5.41, 5.74) is 3.30. The van der Waals surface area contributed by atoms with Crippen LogP contribution < -0.4 is 5.56 Å². The molecule has 0 radical (unpaired) electrons.